The summed E-state index contributed by atoms with van der Waals surface area (Å²) < 4.78 is 20.5. The minimum absolute atomic E-state index is 0.350. The maximum Gasteiger partial charge on any atom is 0.132 e. The van der Waals surface area contributed by atoms with E-state index in [1.54, 1.807) is 36.3 Å². The highest BCUT2D eigenvalue weighted by atomic mass is 19.1. The lowest BCUT2D eigenvalue weighted by Gasteiger charge is -2.15. The molecule has 1 aromatic heterocycles. The molecule has 5 heteroatoms. The Hall–Kier alpha value is -1.88. The van der Waals surface area contributed by atoms with E-state index in [0.29, 0.717) is 11.3 Å². The van der Waals surface area contributed by atoms with E-state index in [2.05, 4.69) is 5.10 Å². The second-order valence-electron chi connectivity index (χ2n) is 3.78. The third kappa shape index (κ3) is 2.14. The third-order valence-electron chi connectivity index (χ3n) is 2.63. The molecule has 1 atom stereocenters. The minimum Gasteiger partial charge on any atom is -0.496 e. The SMILES string of the molecule is COc1cccc(F)c1C(N)c1cnn(C)c1. The Morgan fingerprint density at radius 3 is 2.82 bits per heavy atom. The van der Waals surface area contributed by atoms with Gasteiger partial charge in [0.1, 0.15) is 11.6 Å². The van der Waals surface area contributed by atoms with E-state index in [9.17, 15) is 4.39 Å². The molecule has 2 N–H and O–H groups in total. The zero-order valence-electron chi connectivity index (χ0n) is 9.72. The van der Waals surface area contributed by atoms with Crippen LogP contribution in [0.5, 0.6) is 5.75 Å². The van der Waals surface area contributed by atoms with E-state index in [0.717, 1.165) is 5.56 Å². The number of rotatable bonds is 3. The van der Waals surface area contributed by atoms with Crippen molar-refractivity contribution in [2.24, 2.45) is 12.8 Å². The summed E-state index contributed by atoms with van der Waals surface area (Å²) in [6.45, 7) is 0. The van der Waals surface area contributed by atoms with Crippen LogP contribution in [0.3, 0.4) is 0 Å². The molecule has 0 saturated heterocycles. The molecule has 0 radical (unpaired) electrons. The molecule has 0 aliphatic carbocycles. The van der Waals surface area contributed by atoms with Gasteiger partial charge in [0.05, 0.1) is 24.9 Å². The molecule has 0 amide bonds. The van der Waals surface area contributed by atoms with Crippen LogP contribution >= 0.6 is 0 Å². The van der Waals surface area contributed by atoms with Gasteiger partial charge in [-0.25, -0.2) is 4.39 Å². The highest BCUT2D eigenvalue weighted by molar-refractivity contribution is 5.41. The highest BCUT2D eigenvalue weighted by Gasteiger charge is 2.19. The van der Waals surface area contributed by atoms with Gasteiger partial charge in [-0.1, -0.05) is 6.07 Å². The summed E-state index contributed by atoms with van der Waals surface area (Å²) in [7, 11) is 3.28. The first-order valence-electron chi connectivity index (χ1n) is 5.20. The van der Waals surface area contributed by atoms with Crippen molar-refractivity contribution in [1.29, 1.82) is 0 Å². The molecular formula is C12H14FN3O. The van der Waals surface area contributed by atoms with Crippen LogP contribution < -0.4 is 10.5 Å². The van der Waals surface area contributed by atoms with Crippen LogP contribution in [0.2, 0.25) is 0 Å². The van der Waals surface area contributed by atoms with Crippen molar-refractivity contribution >= 4 is 0 Å². The maximum absolute atomic E-state index is 13.8. The van der Waals surface area contributed by atoms with Crippen LogP contribution in [-0.2, 0) is 7.05 Å². The molecule has 0 fully saturated rings. The standard InChI is InChI=1S/C12H14FN3O/c1-16-7-8(6-15-16)12(14)11-9(13)4-3-5-10(11)17-2/h3-7,12H,14H2,1-2H3. The fourth-order valence-electron chi connectivity index (χ4n) is 1.76. The van der Waals surface area contributed by atoms with Gasteiger partial charge >= 0.3 is 0 Å². The van der Waals surface area contributed by atoms with Gasteiger partial charge in [0.15, 0.2) is 0 Å². The first-order chi connectivity index (χ1) is 8.13. The first kappa shape index (κ1) is 11.6. The average Bonchev–Trinajstić information content (AvgIpc) is 2.74. The van der Waals surface area contributed by atoms with E-state index in [1.165, 1.54) is 13.2 Å². The molecule has 90 valence electrons. The van der Waals surface area contributed by atoms with Crippen LogP contribution in [0, 0.1) is 5.82 Å². The summed E-state index contributed by atoms with van der Waals surface area (Å²) in [4.78, 5) is 0. The van der Waals surface area contributed by atoms with E-state index in [4.69, 9.17) is 10.5 Å². The summed E-state index contributed by atoms with van der Waals surface area (Å²) >= 11 is 0. The minimum atomic E-state index is -0.583. The highest BCUT2D eigenvalue weighted by Crippen LogP contribution is 2.30. The predicted octanol–water partition coefficient (Wildman–Crippen LogP) is 1.62. The smallest absolute Gasteiger partial charge is 0.132 e. The van der Waals surface area contributed by atoms with Gasteiger partial charge in [-0.15, -0.1) is 0 Å². The number of benzene rings is 1. The summed E-state index contributed by atoms with van der Waals surface area (Å²) in [5, 5.41) is 4.02. The van der Waals surface area contributed by atoms with Crippen LogP contribution in [-0.4, -0.2) is 16.9 Å². The second-order valence-corrected chi connectivity index (χ2v) is 3.78. The molecule has 0 bridgehead atoms. The molecule has 0 aliphatic heterocycles. The van der Waals surface area contributed by atoms with Crippen LogP contribution in [0.1, 0.15) is 17.2 Å². The molecule has 0 saturated carbocycles. The number of nitrogens with two attached hydrogens (primary N) is 1. The second kappa shape index (κ2) is 4.55. The Labute approximate surface area is 98.8 Å². The summed E-state index contributed by atoms with van der Waals surface area (Å²) in [5.41, 5.74) is 7.13. The molecule has 17 heavy (non-hydrogen) atoms. The van der Waals surface area contributed by atoms with Gasteiger partial charge in [-0.05, 0) is 12.1 Å². The van der Waals surface area contributed by atoms with Gasteiger partial charge in [0.25, 0.3) is 0 Å². The fraction of sp³-hybridized carbons (Fsp3) is 0.250. The Morgan fingerprint density at radius 2 is 2.24 bits per heavy atom. The molecule has 2 rings (SSSR count). The van der Waals surface area contributed by atoms with E-state index < -0.39 is 6.04 Å². The molecule has 1 unspecified atom stereocenters. The molecule has 2 aromatic rings. The number of hydrogen-bond acceptors (Lipinski definition) is 3. The van der Waals surface area contributed by atoms with Crippen molar-refractivity contribution in [3.8, 4) is 5.75 Å². The summed E-state index contributed by atoms with van der Waals surface area (Å²) in [6, 6.07) is 4.07. The molecule has 0 spiro atoms. The normalized spacial score (nSPS) is 12.5. The van der Waals surface area contributed by atoms with Crippen molar-refractivity contribution in [2.45, 2.75) is 6.04 Å². The zero-order chi connectivity index (χ0) is 12.4. The molecule has 1 heterocycles. The fourth-order valence-corrected chi connectivity index (χ4v) is 1.76. The average molecular weight is 235 g/mol. The quantitative estimate of drug-likeness (QED) is 0.879. The number of nitrogens with zero attached hydrogens (tertiary/aromatic N) is 2. The Balaban J connectivity index is 2.46. The van der Waals surface area contributed by atoms with Crippen LogP contribution in [0.4, 0.5) is 4.39 Å². The Kier molecular flexibility index (Phi) is 3.10. The zero-order valence-corrected chi connectivity index (χ0v) is 9.72. The predicted molar refractivity (Wildman–Crippen MR) is 62.2 cm³/mol. The number of ether oxygens (including phenoxy) is 1. The van der Waals surface area contributed by atoms with Gasteiger partial charge in [-0.2, -0.15) is 5.10 Å². The van der Waals surface area contributed by atoms with Gasteiger partial charge in [0, 0.05) is 18.8 Å². The van der Waals surface area contributed by atoms with Gasteiger partial charge < -0.3 is 10.5 Å². The number of halogens is 1. The number of aromatic nitrogens is 2. The Morgan fingerprint density at radius 1 is 1.47 bits per heavy atom. The summed E-state index contributed by atoms with van der Waals surface area (Å²) in [5.74, 6) is 0.0713. The van der Waals surface area contributed by atoms with Crippen molar-refractivity contribution in [2.75, 3.05) is 7.11 Å². The van der Waals surface area contributed by atoms with Crippen molar-refractivity contribution in [3.05, 3.63) is 47.5 Å². The van der Waals surface area contributed by atoms with E-state index >= 15 is 0 Å². The first-order valence-corrected chi connectivity index (χ1v) is 5.20. The van der Waals surface area contributed by atoms with Crippen LogP contribution in [0.15, 0.2) is 30.6 Å². The number of aryl methyl sites for hydroxylation is 1. The van der Waals surface area contributed by atoms with Crippen molar-refractivity contribution in [1.82, 2.24) is 9.78 Å². The molecule has 4 nitrogen and oxygen atoms in total. The molecular weight excluding hydrogens is 221 g/mol. The lowest BCUT2D eigenvalue weighted by atomic mass is 10.0. The lowest BCUT2D eigenvalue weighted by Crippen LogP contribution is -2.14. The van der Waals surface area contributed by atoms with Gasteiger partial charge in [0.2, 0.25) is 0 Å². The lowest BCUT2D eigenvalue weighted by molar-refractivity contribution is 0.402. The molecule has 0 aliphatic rings. The van der Waals surface area contributed by atoms with Crippen molar-refractivity contribution in [3.63, 3.8) is 0 Å². The maximum atomic E-state index is 13.8. The largest absolute Gasteiger partial charge is 0.496 e. The molecule has 1 aromatic carbocycles. The van der Waals surface area contributed by atoms with Crippen LogP contribution in [0.25, 0.3) is 0 Å². The third-order valence-corrected chi connectivity index (χ3v) is 2.63. The monoisotopic (exact) mass is 235 g/mol. The topological polar surface area (TPSA) is 53.1 Å². The van der Waals surface area contributed by atoms with Crippen molar-refractivity contribution < 1.29 is 9.13 Å². The van der Waals surface area contributed by atoms with E-state index in [-0.39, 0.29) is 5.82 Å². The Bertz CT molecular complexity index is 524. The summed E-state index contributed by atoms with van der Waals surface area (Å²) in [6.07, 6.45) is 3.38. The van der Waals surface area contributed by atoms with E-state index in [1.807, 2.05) is 0 Å². The number of hydrogen-bond donors (Lipinski definition) is 1. The van der Waals surface area contributed by atoms with Gasteiger partial charge in [-0.3, -0.25) is 4.68 Å². The number of methoxy groups -OCH3 is 1.